The summed E-state index contributed by atoms with van der Waals surface area (Å²) >= 11 is 9.32. The van der Waals surface area contributed by atoms with Gasteiger partial charge >= 0.3 is 5.97 Å². The lowest BCUT2D eigenvalue weighted by atomic mass is 9.82. The van der Waals surface area contributed by atoms with Gasteiger partial charge < -0.3 is 18.6 Å². The summed E-state index contributed by atoms with van der Waals surface area (Å²) in [6, 6.07) is 9.18. The zero-order chi connectivity index (χ0) is 22.8. The molecule has 0 amide bonds. The maximum absolute atomic E-state index is 13.6. The van der Waals surface area contributed by atoms with Gasteiger partial charge in [-0.05, 0) is 65.2 Å². The molecule has 0 atom stereocenters. The Morgan fingerprint density at radius 2 is 1.94 bits per heavy atom. The van der Waals surface area contributed by atoms with Crippen LogP contribution in [0.4, 0.5) is 4.39 Å². The normalized spacial score (nSPS) is 17.8. The molecule has 1 aliphatic carbocycles. The van der Waals surface area contributed by atoms with Crippen molar-refractivity contribution in [1.29, 1.82) is 0 Å². The highest BCUT2D eigenvalue weighted by Gasteiger charge is 2.35. The van der Waals surface area contributed by atoms with Crippen LogP contribution in [0, 0.1) is 11.7 Å². The van der Waals surface area contributed by atoms with Crippen LogP contribution in [0.25, 0.3) is 22.3 Å². The number of carbonyl (C=O) groups excluding carboxylic acids is 1. The largest absolute Gasteiger partial charge is 0.491 e. The summed E-state index contributed by atoms with van der Waals surface area (Å²) in [7, 11) is 1.39. The first kappa shape index (κ1) is 22.8. The highest BCUT2D eigenvalue weighted by Crippen LogP contribution is 2.34. The second kappa shape index (κ2) is 9.60. The first-order valence-corrected chi connectivity index (χ1v) is 11.1. The molecule has 0 unspecified atom stereocenters. The van der Waals surface area contributed by atoms with E-state index >= 15 is 0 Å². The summed E-state index contributed by atoms with van der Waals surface area (Å²) in [5.41, 5.74) is 0.341. The van der Waals surface area contributed by atoms with Crippen molar-refractivity contribution in [3.8, 4) is 17.1 Å². The van der Waals surface area contributed by atoms with Gasteiger partial charge in [0.05, 0.1) is 36.1 Å². The number of fused-ring (bicyclic) bond motifs is 1. The van der Waals surface area contributed by atoms with Crippen LogP contribution in [-0.4, -0.2) is 32.4 Å². The summed E-state index contributed by atoms with van der Waals surface area (Å²) in [5.74, 6) is 0.0423. The van der Waals surface area contributed by atoms with Crippen molar-refractivity contribution in [2.75, 3.05) is 20.3 Å². The summed E-state index contributed by atoms with van der Waals surface area (Å²) in [6.07, 6.45) is 1.40. The monoisotopic (exact) mass is 524 g/mol. The lowest BCUT2D eigenvalue weighted by Gasteiger charge is -2.32. The fraction of sp³-hybridized carbons (Fsp3) is 0.304. The predicted octanol–water partition coefficient (Wildman–Crippen LogP) is 5.36. The number of carbonyl (C=O) groups is 1. The second-order valence-corrected chi connectivity index (χ2v) is 8.60. The van der Waals surface area contributed by atoms with Crippen LogP contribution >= 0.6 is 27.5 Å². The Morgan fingerprint density at radius 1 is 1.22 bits per heavy atom. The van der Waals surface area contributed by atoms with Gasteiger partial charge in [0.1, 0.15) is 22.6 Å². The topological polar surface area (TPSA) is 75.0 Å². The minimum absolute atomic E-state index is 0.0233. The quantitative estimate of drug-likeness (QED) is 0.305. The molecule has 9 heteroatoms. The van der Waals surface area contributed by atoms with Gasteiger partial charge in [0.2, 0.25) is 5.43 Å². The average Bonchev–Trinajstić information content (AvgIpc) is 2.75. The van der Waals surface area contributed by atoms with Crippen molar-refractivity contribution in [2.24, 2.45) is 5.92 Å². The van der Waals surface area contributed by atoms with E-state index in [-0.39, 0.29) is 44.2 Å². The van der Waals surface area contributed by atoms with Crippen LogP contribution < -0.4 is 10.2 Å². The van der Waals surface area contributed by atoms with E-state index in [0.29, 0.717) is 37.4 Å². The van der Waals surface area contributed by atoms with E-state index in [1.807, 2.05) is 0 Å². The predicted molar refractivity (Wildman–Crippen MR) is 121 cm³/mol. The van der Waals surface area contributed by atoms with Crippen LogP contribution in [0.3, 0.4) is 0 Å². The van der Waals surface area contributed by atoms with E-state index in [1.54, 1.807) is 24.3 Å². The van der Waals surface area contributed by atoms with Crippen LogP contribution in [-0.2, 0) is 14.3 Å². The molecule has 1 saturated carbocycles. The molecule has 32 heavy (non-hydrogen) atoms. The van der Waals surface area contributed by atoms with Crippen molar-refractivity contribution in [3.05, 3.63) is 61.9 Å². The van der Waals surface area contributed by atoms with E-state index in [4.69, 9.17) is 30.2 Å². The lowest BCUT2D eigenvalue weighted by molar-refractivity contribution is -0.155. The third kappa shape index (κ3) is 4.67. The van der Waals surface area contributed by atoms with Crippen molar-refractivity contribution in [2.45, 2.75) is 18.9 Å². The Labute approximate surface area is 196 Å². The second-order valence-electron chi connectivity index (χ2n) is 7.40. The molecule has 0 spiro atoms. The average molecular weight is 526 g/mol. The van der Waals surface area contributed by atoms with Crippen LogP contribution in [0.5, 0.6) is 5.75 Å². The Bertz CT molecular complexity index is 1200. The third-order valence-electron chi connectivity index (χ3n) is 5.31. The molecule has 1 fully saturated rings. The Morgan fingerprint density at radius 3 is 2.62 bits per heavy atom. The lowest BCUT2D eigenvalue weighted by Crippen LogP contribution is -2.37. The number of methoxy groups -OCH3 is 1. The number of benzene rings is 2. The van der Waals surface area contributed by atoms with Gasteiger partial charge in [-0.3, -0.25) is 9.59 Å². The Kier molecular flexibility index (Phi) is 6.83. The molecule has 1 aliphatic rings. The first-order valence-electron chi connectivity index (χ1n) is 9.91. The maximum Gasteiger partial charge on any atom is 0.308 e. The molecule has 0 N–H and O–H groups in total. The van der Waals surface area contributed by atoms with Crippen molar-refractivity contribution < 1.29 is 27.8 Å². The van der Waals surface area contributed by atoms with E-state index < -0.39 is 11.2 Å². The maximum atomic E-state index is 13.6. The number of hydrogen-bond acceptors (Lipinski definition) is 6. The standard InChI is InChI=1S/C23H19BrClFO6/c1-29-23(28)13-8-16(9-13)31-7-6-30-15-4-2-12(3-5-15)21-19(24)20(27)17-10-14(26)11-18(25)22(17)32-21/h2-5,10-11,13,16H,6-9H2,1H3. The molecule has 6 nitrogen and oxygen atoms in total. The van der Waals surface area contributed by atoms with E-state index in [9.17, 15) is 14.0 Å². The molecular formula is C23H19BrClFO6. The minimum Gasteiger partial charge on any atom is -0.491 e. The van der Waals surface area contributed by atoms with E-state index in [0.717, 1.165) is 12.1 Å². The van der Waals surface area contributed by atoms with Gasteiger partial charge in [-0.2, -0.15) is 0 Å². The zero-order valence-electron chi connectivity index (χ0n) is 17.0. The van der Waals surface area contributed by atoms with Gasteiger partial charge in [0, 0.05) is 5.56 Å². The molecule has 0 bridgehead atoms. The van der Waals surface area contributed by atoms with Crippen molar-refractivity contribution >= 4 is 44.5 Å². The Balaban J connectivity index is 1.38. The SMILES string of the molecule is COC(=O)C1CC(OCCOc2ccc(-c3oc4c(Cl)cc(F)cc4c(=O)c3Br)cc2)C1. The van der Waals surface area contributed by atoms with Crippen LogP contribution in [0.15, 0.2) is 50.1 Å². The fourth-order valence-corrected chi connectivity index (χ4v) is 4.29. The van der Waals surface area contributed by atoms with Crippen LogP contribution in [0.2, 0.25) is 5.02 Å². The van der Waals surface area contributed by atoms with Gasteiger partial charge in [-0.25, -0.2) is 4.39 Å². The first-order chi connectivity index (χ1) is 15.4. The van der Waals surface area contributed by atoms with E-state index in [2.05, 4.69) is 15.9 Å². The molecule has 2 aromatic carbocycles. The highest BCUT2D eigenvalue weighted by atomic mass is 79.9. The molecule has 0 saturated heterocycles. The van der Waals surface area contributed by atoms with Crippen LogP contribution in [0.1, 0.15) is 12.8 Å². The molecule has 4 rings (SSSR count). The fourth-order valence-electron chi connectivity index (χ4n) is 3.52. The van der Waals surface area contributed by atoms with Crippen molar-refractivity contribution in [1.82, 2.24) is 0 Å². The molecular weight excluding hydrogens is 507 g/mol. The number of hydrogen-bond donors (Lipinski definition) is 0. The smallest absolute Gasteiger partial charge is 0.308 e. The Hall–Kier alpha value is -2.42. The molecule has 0 radical (unpaired) electrons. The summed E-state index contributed by atoms with van der Waals surface area (Å²) in [4.78, 5) is 24.0. The van der Waals surface area contributed by atoms with Crippen molar-refractivity contribution in [3.63, 3.8) is 0 Å². The van der Waals surface area contributed by atoms with Gasteiger partial charge in [-0.1, -0.05) is 11.6 Å². The highest BCUT2D eigenvalue weighted by molar-refractivity contribution is 9.10. The zero-order valence-corrected chi connectivity index (χ0v) is 19.4. The summed E-state index contributed by atoms with van der Waals surface area (Å²) < 4.78 is 35.7. The number of rotatable bonds is 7. The minimum atomic E-state index is -0.611. The number of halogens is 3. The molecule has 168 valence electrons. The van der Waals surface area contributed by atoms with E-state index in [1.165, 1.54) is 7.11 Å². The molecule has 1 heterocycles. The molecule has 1 aromatic heterocycles. The van der Waals surface area contributed by atoms with Gasteiger partial charge in [0.15, 0.2) is 11.3 Å². The molecule has 0 aliphatic heterocycles. The van der Waals surface area contributed by atoms with Gasteiger partial charge in [0.25, 0.3) is 0 Å². The third-order valence-corrected chi connectivity index (χ3v) is 6.31. The summed E-state index contributed by atoms with van der Waals surface area (Å²) in [5, 5.41) is 0.0881. The number of esters is 1. The van der Waals surface area contributed by atoms with Gasteiger partial charge in [-0.15, -0.1) is 0 Å². The summed E-state index contributed by atoms with van der Waals surface area (Å²) in [6.45, 7) is 0.759. The molecule has 3 aromatic rings. The number of ether oxygens (including phenoxy) is 3.